The Morgan fingerprint density at radius 2 is 1.88 bits per heavy atom. The molecule has 1 aliphatic heterocycles. The van der Waals surface area contributed by atoms with Gasteiger partial charge in [0.1, 0.15) is 11.4 Å². The van der Waals surface area contributed by atoms with Crippen LogP contribution in [0.3, 0.4) is 0 Å². The Kier molecular flexibility index (Phi) is 3.86. The Balaban J connectivity index is 1.80. The number of likely N-dealkylation sites (tertiary alicyclic amines) is 1. The highest BCUT2D eigenvalue weighted by molar-refractivity contribution is 6.30. The minimum atomic E-state index is -0.00671. The third-order valence-electron chi connectivity index (χ3n) is 4.17. The maximum Gasteiger partial charge on any atom is 0.272 e. The van der Waals surface area contributed by atoms with Gasteiger partial charge in [-0.3, -0.25) is 4.79 Å². The molecule has 0 saturated carbocycles. The van der Waals surface area contributed by atoms with Crippen molar-refractivity contribution in [3.05, 3.63) is 59.4 Å². The van der Waals surface area contributed by atoms with Crippen molar-refractivity contribution in [3.63, 3.8) is 0 Å². The molecule has 0 spiro atoms. The van der Waals surface area contributed by atoms with E-state index in [0.29, 0.717) is 22.2 Å². The van der Waals surface area contributed by atoms with Gasteiger partial charge in [0.15, 0.2) is 5.76 Å². The van der Waals surface area contributed by atoms with Gasteiger partial charge in [-0.05, 0) is 49.2 Å². The molecule has 1 amide bonds. The van der Waals surface area contributed by atoms with Gasteiger partial charge in [-0.25, -0.2) is 4.68 Å². The molecule has 0 atom stereocenters. The number of benzene rings is 1. The largest absolute Gasteiger partial charge is 0.463 e. The number of carbonyl (C=O) groups is 1. The Morgan fingerprint density at radius 1 is 1.12 bits per heavy atom. The average Bonchev–Trinajstić information content (AvgIpc) is 3.34. The zero-order chi connectivity index (χ0) is 16.5. The molecule has 0 radical (unpaired) electrons. The molecule has 1 aliphatic rings. The van der Waals surface area contributed by atoms with Crippen LogP contribution in [0.2, 0.25) is 5.02 Å². The molecular formula is C18H16ClN3O2. The van der Waals surface area contributed by atoms with Crippen LogP contribution < -0.4 is 0 Å². The zero-order valence-electron chi connectivity index (χ0n) is 13.0. The molecule has 1 saturated heterocycles. The fraction of sp³-hybridized carbons (Fsp3) is 0.222. The number of halogens is 1. The number of furan rings is 1. The van der Waals surface area contributed by atoms with E-state index >= 15 is 0 Å². The molecule has 4 rings (SSSR count). The van der Waals surface area contributed by atoms with Crippen LogP contribution in [0.25, 0.3) is 17.1 Å². The second kappa shape index (κ2) is 6.17. The van der Waals surface area contributed by atoms with Gasteiger partial charge >= 0.3 is 0 Å². The molecule has 6 heteroatoms. The number of nitrogens with zero attached hydrogens (tertiary/aromatic N) is 3. The van der Waals surface area contributed by atoms with E-state index in [1.54, 1.807) is 35.2 Å². The number of rotatable bonds is 3. The molecule has 1 fully saturated rings. The third kappa shape index (κ3) is 2.71. The highest BCUT2D eigenvalue weighted by Gasteiger charge is 2.25. The number of amides is 1. The van der Waals surface area contributed by atoms with Crippen molar-refractivity contribution in [2.75, 3.05) is 13.1 Å². The Bertz CT molecular complexity index is 847. The van der Waals surface area contributed by atoms with Gasteiger partial charge in [0, 0.05) is 24.2 Å². The minimum Gasteiger partial charge on any atom is -0.463 e. The van der Waals surface area contributed by atoms with E-state index in [-0.39, 0.29) is 5.91 Å². The van der Waals surface area contributed by atoms with Crippen molar-refractivity contribution in [1.29, 1.82) is 0 Å². The van der Waals surface area contributed by atoms with Gasteiger partial charge in [0.05, 0.1) is 12.0 Å². The summed E-state index contributed by atoms with van der Waals surface area (Å²) in [6, 6.07) is 12.7. The Labute approximate surface area is 144 Å². The van der Waals surface area contributed by atoms with E-state index in [0.717, 1.165) is 31.6 Å². The predicted octanol–water partition coefficient (Wildman–Crippen LogP) is 4.02. The minimum absolute atomic E-state index is 0.00671. The third-order valence-corrected chi connectivity index (χ3v) is 4.42. The summed E-state index contributed by atoms with van der Waals surface area (Å²) in [5.41, 5.74) is 1.96. The smallest absolute Gasteiger partial charge is 0.272 e. The second-order valence-electron chi connectivity index (χ2n) is 5.78. The van der Waals surface area contributed by atoms with E-state index in [9.17, 15) is 4.79 Å². The van der Waals surface area contributed by atoms with Gasteiger partial charge in [-0.2, -0.15) is 5.10 Å². The summed E-state index contributed by atoms with van der Waals surface area (Å²) in [5, 5.41) is 5.22. The van der Waals surface area contributed by atoms with Crippen LogP contribution in [0.15, 0.2) is 53.1 Å². The number of hydrogen-bond acceptors (Lipinski definition) is 3. The molecule has 0 N–H and O–H groups in total. The topological polar surface area (TPSA) is 51.3 Å². The van der Waals surface area contributed by atoms with E-state index in [2.05, 4.69) is 5.10 Å². The van der Waals surface area contributed by atoms with Gasteiger partial charge < -0.3 is 9.32 Å². The van der Waals surface area contributed by atoms with Gasteiger partial charge in [-0.1, -0.05) is 11.6 Å². The average molecular weight is 342 g/mol. The summed E-state index contributed by atoms with van der Waals surface area (Å²) in [6.45, 7) is 1.58. The lowest BCUT2D eigenvalue weighted by Crippen LogP contribution is -2.29. The van der Waals surface area contributed by atoms with Crippen molar-refractivity contribution in [1.82, 2.24) is 14.7 Å². The first-order valence-corrected chi connectivity index (χ1v) is 8.29. The van der Waals surface area contributed by atoms with Crippen LogP contribution >= 0.6 is 11.6 Å². The Hall–Kier alpha value is -2.53. The second-order valence-corrected chi connectivity index (χ2v) is 6.22. The summed E-state index contributed by atoms with van der Waals surface area (Å²) in [7, 11) is 0. The van der Waals surface area contributed by atoms with Crippen LogP contribution in [-0.4, -0.2) is 33.7 Å². The maximum atomic E-state index is 12.9. The summed E-state index contributed by atoms with van der Waals surface area (Å²) in [5.74, 6) is 0.631. The van der Waals surface area contributed by atoms with Gasteiger partial charge in [0.25, 0.3) is 5.91 Å². The fourth-order valence-corrected chi connectivity index (χ4v) is 3.07. The fourth-order valence-electron chi connectivity index (χ4n) is 2.94. The molecule has 1 aromatic carbocycles. The first-order valence-electron chi connectivity index (χ1n) is 7.91. The lowest BCUT2D eigenvalue weighted by molar-refractivity contribution is 0.0784. The van der Waals surface area contributed by atoms with Crippen LogP contribution in [0.1, 0.15) is 23.3 Å². The van der Waals surface area contributed by atoms with Crippen molar-refractivity contribution in [3.8, 4) is 17.1 Å². The standard InChI is InChI=1S/C18H16ClN3O2/c19-13-5-7-14(8-6-13)22-16(18(23)21-9-1-2-10-21)12-15(20-22)17-4-3-11-24-17/h3-8,11-12H,1-2,9-10H2. The maximum absolute atomic E-state index is 12.9. The highest BCUT2D eigenvalue weighted by atomic mass is 35.5. The normalized spacial score (nSPS) is 14.3. The van der Waals surface area contributed by atoms with Crippen LogP contribution in [0.4, 0.5) is 0 Å². The predicted molar refractivity (Wildman–Crippen MR) is 91.4 cm³/mol. The van der Waals surface area contributed by atoms with Gasteiger partial charge in [-0.15, -0.1) is 0 Å². The summed E-state index contributed by atoms with van der Waals surface area (Å²) in [4.78, 5) is 14.8. The number of hydrogen-bond donors (Lipinski definition) is 0. The van der Waals surface area contributed by atoms with Gasteiger partial charge in [0.2, 0.25) is 0 Å². The van der Waals surface area contributed by atoms with Crippen LogP contribution in [0.5, 0.6) is 0 Å². The molecule has 122 valence electrons. The van der Waals surface area contributed by atoms with Crippen molar-refractivity contribution in [2.45, 2.75) is 12.8 Å². The van der Waals surface area contributed by atoms with E-state index in [1.165, 1.54) is 0 Å². The molecule has 3 heterocycles. The number of aromatic nitrogens is 2. The molecule has 3 aromatic rings. The monoisotopic (exact) mass is 341 g/mol. The molecule has 0 unspecified atom stereocenters. The van der Waals surface area contributed by atoms with E-state index < -0.39 is 0 Å². The number of carbonyl (C=O) groups excluding carboxylic acids is 1. The molecule has 24 heavy (non-hydrogen) atoms. The van der Waals surface area contributed by atoms with Crippen molar-refractivity contribution >= 4 is 17.5 Å². The van der Waals surface area contributed by atoms with E-state index in [4.69, 9.17) is 16.0 Å². The summed E-state index contributed by atoms with van der Waals surface area (Å²) >= 11 is 5.97. The van der Waals surface area contributed by atoms with Crippen molar-refractivity contribution < 1.29 is 9.21 Å². The molecular weight excluding hydrogens is 326 g/mol. The first-order chi connectivity index (χ1) is 11.7. The molecule has 5 nitrogen and oxygen atoms in total. The van der Waals surface area contributed by atoms with E-state index in [1.807, 2.05) is 23.1 Å². The first kappa shape index (κ1) is 15.0. The molecule has 0 aliphatic carbocycles. The molecule has 0 bridgehead atoms. The highest BCUT2D eigenvalue weighted by Crippen LogP contribution is 2.24. The van der Waals surface area contributed by atoms with Crippen molar-refractivity contribution in [2.24, 2.45) is 0 Å². The zero-order valence-corrected chi connectivity index (χ0v) is 13.7. The van der Waals surface area contributed by atoms with Crippen LogP contribution in [-0.2, 0) is 0 Å². The SMILES string of the molecule is O=C(c1cc(-c2ccco2)nn1-c1ccc(Cl)cc1)N1CCCC1. The van der Waals surface area contributed by atoms with Crippen LogP contribution in [0, 0.1) is 0 Å². The Morgan fingerprint density at radius 3 is 2.54 bits per heavy atom. The molecule has 2 aromatic heterocycles. The summed E-state index contributed by atoms with van der Waals surface area (Å²) < 4.78 is 7.09. The lowest BCUT2D eigenvalue weighted by Gasteiger charge is -2.16. The lowest BCUT2D eigenvalue weighted by atomic mass is 10.2. The quantitative estimate of drug-likeness (QED) is 0.723. The summed E-state index contributed by atoms with van der Waals surface area (Å²) in [6.07, 6.45) is 3.69.